The number of aromatic amines is 1. The fourth-order valence-electron chi connectivity index (χ4n) is 3.42. The summed E-state index contributed by atoms with van der Waals surface area (Å²) >= 11 is 0. The summed E-state index contributed by atoms with van der Waals surface area (Å²) in [5.41, 5.74) is 0.956. The molecule has 3 heterocycles. The van der Waals surface area contributed by atoms with Crippen molar-refractivity contribution in [2.24, 2.45) is 0 Å². The summed E-state index contributed by atoms with van der Waals surface area (Å²) < 4.78 is 27.8. The van der Waals surface area contributed by atoms with E-state index in [0.717, 1.165) is 25.2 Å². The van der Waals surface area contributed by atoms with Gasteiger partial charge in [0.05, 0.1) is 30.6 Å². The Kier molecular flexibility index (Phi) is 4.71. The second-order valence-corrected chi connectivity index (χ2v) is 6.74. The first kappa shape index (κ1) is 17.7. The van der Waals surface area contributed by atoms with E-state index in [1.165, 1.54) is 6.07 Å². The first-order chi connectivity index (χ1) is 13.0. The van der Waals surface area contributed by atoms with Crippen molar-refractivity contribution < 1.29 is 19.0 Å². The molecule has 0 amide bonds. The molecular weight excluding hydrogens is 356 g/mol. The molecule has 3 aromatic heterocycles. The van der Waals surface area contributed by atoms with E-state index in [-0.39, 0.29) is 11.6 Å². The number of anilines is 1. The van der Waals surface area contributed by atoms with Crippen LogP contribution >= 0.6 is 0 Å². The lowest BCUT2D eigenvalue weighted by Crippen LogP contribution is -2.41. The molecule has 4 N–H and O–H groups in total. The van der Waals surface area contributed by atoms with Crippen LogP contribution in [0.15, 0.2) is 24.7 Å². The number of H-pyrrole nitrogens is 1. The van der Waals surface area contributed by atoms with E-state index in [0.29, 0.717) is 29.4 Å². The van der Waals surface area contributed by atoms with Gasteiger partial charge in [-0.1, -0.05) is 12.8 Å². The molecule has 142 valence electrons. The monoisotopic (exact) mass is 375 g/mol. The van der Waals surface area contributed by atoms with E-state index in [2.05, 4.69) is 25.3 Å². The lowest BCUT2D eigenvalue weighted by atomic mass is 10.0. The van der Waals surface area contributed by atoms with Crippen molar-refractivity contribution in [1.82, 2.24) is 19.9 Å². The molecule has 3 atom stereocenters. The summed E-state index contributed by atoms with van der Waals surface area (Å²) in [4.78, 5) is 15.1. The van der Waals surface area contributed by atoms with Crippen molar-refractivity contribution in [3.8, 4) is 11.4 Å². The summed E-state index contributed by atoms with van der Waals surface area (Å²) in [6.07, 6.45) is 4.51. The number of halogens is 2. The Morgan fingerprint density at radius 2 is 1.93 bits per heavy atom. The van der Waals surface area contributed by atoms with Crippen LogP contribution in [-0.4, -0.2) is 48.4 Å². The van der Waals surface area contributed by atoms with Gasteiger partial charge in [0.15, 0.2) is 17.5 Å². The smallest absolute Gasteiger partial charge is 0.183 e. The van der Waals surface area contributed by atoms with E-state index in [1.54, 1.807) is 6.20 Å². The summed E-state index contributed by atoms with van der Waals surface area (Å²) in [5, 5.41) is 23.6. The Morgan fingerprint density at radius 1 is 1.11 bits per heavy atom. The second kappa shape index (κ2) is 7.16. The van der Waals surface area contributed by atoms with Crippen molar-refractivity contribution in [2.75, 3.05) is 5.32 Å². The van der Waals surface area contributed by atoms with Crippen molar-refractivity contribution in [1.29, 1.82) is 0 Å². The minimum atomic E-state index is -1.02. The zero-order valence-corrected chi connectivity index (χ0v) is 14.4. The number of rotatable bonds is 3. The predicted molar refractivity (Wildman–Crippen MR) is 94.9 cm³/mol. The normalized spacial score (nSPS) is 23.3. The highest BCUT2D eigenvalue weighted by molar-refractivity contribution is 5.91. The van der Waals surface area contributed by atoms with Gasteiger partial charge < -0.3 is 20.5 Å². The van der Waals surface area contributed by atoms with E-state index in [9.17, 15) is 19.0 Å². The number of aromatic nitrogens is 4. The molecule has 1 fully saturated rings. The minimum Gasteiger partial charge on any atom is -0.390 e. The first-order valence-corrected chi connectivity index (χ1v) is 8.81. The summed E-state index contributed by atoms with van der Waals surface area (Å²) in [6.45, 7) is 0. The highest BCUT2D eigenvalue weighted by Crippen LogP contribution is 2.28. The molecule has 27 heavy (non-hydrogen) atoms. The molecular formula is C18H19F2N5O2. The number of nitrogens with zero attached hydrogens (tertiary/aromatic N) is 3. The molecule has 0 aliphatic heterocycles. The first-order valence-electron chi connectivity index (χ1n) is 8.81. The number of pyridine rings is 1. The van der Waals surface area contributed by atoms with Crippen LogP contribution in [0.5, 0.6) is 0 Å². The number of hydrogen-bond donors (Lipinski definition) is 4. The third-order valence-corrected chi connectivity index (χ3v) is 4.88. The largest absolute Gasteiger partial charge is 0.390 e. The van der Waals surface area contributed by atoms with E-state index in [4.69, 9.17) is 0 Å². The van der Waals surface area contributed by atoms with Crippen LogP contribution in [0.4, 0.5) is 14.6 Å². The predicted octanol–water partition coefficient (Wildman–Crippen LogP) is 2.37. The molecule has 0 spiro atoms. The van der Waals surface area contributed by atoms with E-state index < -0.39 is 29.9 Å². The molecule has 0 bridgehead atoms. The van der Waals surface area contributed by atoms with Crippen LogP contribution in [0.1, 0.15) is 25.7 Å². The lowest BCUT2D eigenvalue weighted by molar-refractivity contribution is 0.00940. The van der Waals surface area contributed by atoms with Crippen LogP contribution < -0.4 is 5.32 Å². The molecule has 4 rings (SSSR count). The van der Waals surface area contributed by atoms with Crippen LogP contribution in [0.2, 0.25) is 0 Å². The molecule has 9 heteroatoms. The maximum absolute atomic E-state index is 14.3. The van der Waals surface area contributed by atoms with Gasteiger partial charge in [-0.3, -0.25) is 0 Å². The minimum absolute atomic E-state index is 0.0723. The quantitative estimate of drug-likeness (QED) is 0.524. The van der Waals surface area contributed by atoms with Gasteiger partial charge >= 0.3 is 0 Å². The van der Waals surface area contributed by atoms with Crippen LogP contribution in [0.3, 0.4) is 0 Å². The zero-order chi connectivity index (χ0) is 19.0. The Labute approximate surface area is 153 Å². The van der Waals surface area contributed by atoms with Gasteiger partial charge in [-0.15, -0.1) is 0 Å². The van der Waals surface area contributed by atoms with Crippen molar-refractivity contribution in [3.63, 3.8) is 0 Å². The van der Waals surface area contributed by atoms with Gasteiger partial charge in [0.1, 0.15) is 11.5 Å². The average Bonchev–Trinajstić information content (AvgIpc) is 3.00. The topological polar surface area (TPSA) is 107 Å². The third-order valence-electron chi connectivity index (χ3n) is 4.88. The SMILES string of the molecule is OC1CCCCC(Nc2nc(-c3c[nH]c4ncc(F)cc34)ncc2F)C1O. The van der Waals surface area contributed by atoms with Crippen molar-refractivity contribution in [2.45, 2.75) is 43.9 Å². The molecule has 1 aliphatic rings. The van der Waals surface area contributed by atoms with Gasteiger partial charge in [0, 0.05) is 17.1 Å². The summed E-state index contributed by atoms with van der Waals surface area (Å²) in [6, 6.07) is 0.779. The second-order valence-electron chi connectivity index (χ2n) is 6.74. The maximum atomic E-state index is 14.3. The Morgan fingerprint density at radius 3 is 2.78 bits per heavy atom. The molecule has 0 aromatic carbocycles. The van der Waals surface area contributed by atoms with Crippen LogP contribution in [-0.2, 0) is 0 Å². The fourth-order valence-corrected chi connectivity index (χ4v) is 3.42. The zero-order valence-electron chi connectivity index (χ0n) is 14.4. The van der Waals surface area contributed by atoms with Gasteiger partial charge in [-0.2, -0.15) is 0 Å². The molecule has 3 aromatic rings. The number of fused-ring (bicyclic) bond motifs is 1. The Hall–Kier alpha value is -2.65. The summed E-state index contributed by atoms with van der Waals surface area (Å²) in [7, 11) is 0. The van der Waals surface area contributed by atoms with Gasteiger partial charge in [0.2, 0.25) is 0 Å². The molecule has 1 saturated carbocycles. The fraction of sp³-hybridized carbons (Fsp3) is 0.389. The number of nitrogens with one attached hydrogen (secondary N) is 2. The lowest BCUT2D eigenvalue weighted by Gasteiger charge is -2.25. The van der Waals surface area contributed by atoms with Crippen molar-refractivity contribution in [3.05, 3.63) is 36.3 Å². The molecule has 0 radical (unpaired) electrons. The average molecular weight is 375 g/mol. The number of aliphatic hydroxyl groups excluding tert-OH is 2. The Bertz CT molecular complexity index is 964. The van der Waals surface area contributed by atoms with Gasteiger partial charge in [0.25, 0.3) is 0 Å². The number of hydrogen-bond acceptors (Lipinski definition) is 6. The van der Waals surface area contributed by atoms with Gasteiger partial charge in [-0.05, 0) is 18.9 Å². The highest BCUT2D eigenvalue weighted by Gasteiger charge is 2.29. The van der Waals surface area contributed by atoms with E-state index >= 15 is 0 Å². The molecule has 3 unspecified atom stereocenters. The summed E-state index contributed by atoms with van der Waals surface area (Å²) in [5.74, 6) is -1.05. The maximum Gasteiger partial charge on any atom is 0.183 e. The van der Waals surface area contributed by atoms with Crippen molar-refractivity contribution >= 4 is 16.9 Å². The Balaban J connectivity index is 1.68. The molecule has 1 aliphatic carbocycles. The third kappa shape index (κ3) is 3.47. The molecule has 7 nitrogen and oxygen atoms in total. The molecule has 0 saturated heterocycles. The standard InChI is InChI=1S/C18H19F2N5O2/c19-9-5-10-11(7-22-16(10)21-6-9)17-23-8-12(20)18(25-17)24-13-3-1-2-4-14(26)15(13)27/h5-8,13-15,26-27H,1-4H2,(H,21,22)(H,23,24,25). The highest BCUT2D eigenvalue weighted by atomic mass is 19.1. The van der Waals surface area contributed by atoms with Crippen LogP contribution in [0, 0.1) is 11.6 Å². The van der Waals surface area contributed by atoms with Gasteiger partial charge in [-0.25, -0.2) is 23.7 Å². The van der Waals surface area contributed by atoms with E-state index in [1.807, 2.05) is 0 Å². The number of aliphatic hydroxyl groups is 2. The van der Waals surface area contributed by atoms with Crippen LogP contribution in [0.25, 0.3) is 22.4 Å².